The van der Waals surface area contributed by atoms with Gasteiger partial charge in [0.15, 0.2) is 5.82 Å². The molecule has 1 aliphatic heterocycles. The third-order valence-electron chi connectivity index (χ3n) is 5.53. The average molecular weight is 424 g/mol. The van der Waals surface area contributed by atoms with Crippen LogP contribution in [0, 0.1) is 4.77 Å². The first kappa shape index (κ1) is 20.6. The van der Waals surface area contributed by atoms with Gasteiger partial charge in [-0.25, -0.2) is 4.68 Å². The van der Waals surface area contributed by atoms with Gasteiger partial charge >= 0.3 is 0 Å². The minimum atomic E-state index is 0.591. The van der Waals surface area contributed by atoms with E-state index in [9.17, 15) is 0 Å². The Morgan fingerprint density at radius 2 is 1.73 bits per heavy atom. The molecule has 158 valence electrons. The molecule has 3 aromatic rings. The van der Waals surface area contributed by atoms with E-state index in [-0.39, 0.29) is 0 Å². The van der Waals surface area contributed by atoms with Crippen molar-refractivity contribution in [2.45, 2.75) is 26.9 Å². The van der Waals surface area contributed by atoms with Crippen LogP contribution >= 0.6 is 12.2 Å². The molecule has 4 rings (SSSR count). The summed E-state index contributed by atoms with van der Waals surface area (Å²) in [6.07, 6.45) is 1.03. The van der Waals surface area contributed by atoms with E-state index >= 15 is 0 Å². The number of nitrogens with one attached hydrogen (secondary N) is 1. The summed E-state index contributed by atoms with van der Waals surface area (Å²) in [5, 5.41) is 3.38. The highest BCUT2D eigenvalue weighted by Crippen LogP contribution is 2.28. The highest BCUT2D eigenvalue weighted by Gasteiger charge is 2.20. The molecule has 0 saturated carbocycles. The van der Waals surface area contributed by atoms with Crippen LogP contribution in [0.3, 0.4) is 0 Å². The van der Waals surface area contributed by atoms with Crippen LogP contribution < -0.4 is 9.64 Å². The number of ether oxygens (including phenoxy) is 1. The largest absolute Gasteiger partial charge is 0.492 e. The van der Waals surface area contributed by atoms with Crippen LogP contribution in [0.5, 0.6) is 5.75 Å². The number of rotatable bonds is 7. The van der Waals surface area contributed by atoms with Crippen molar-refractivity contribution >= 4 is 17.9 Å². The van der Waals surface area contributed by atoms with Crippen LogP contribution in [0.1, 0.15) is 19.4 Å². The predicted molar refractivity (Wildman–Crippen MR) is 124 cm³/mol. The fourth-order valence-corrected chi connectivity index (χ4v) is 4.00. The second kappa shape index (κ2) is 9.45. The van der Waals surface area contributed by atoms with E-state index in [1.165, 1.54) is 11.3 Å². The Balaban J connectivity index is 1.40. The van der Waals surface area contributed by atoms with Crippen LogP contribution in [0.2, 0.25) is 0 Å². The summed E-state index contributed by atoms with van der Waals surface area (Å²) < 4.78 is 8.35. The lowest BCUT2D eigenvalue weighted by atomic mass is 10.1. The molecule has 1 saturated heterocycles. The van der Waals surface area contributed by atoms with Crippen LogP contribution in [-0.2, 0) is 13.1 Å². The van der Waals surface area contributed by atoms with Gasteiger partial charge < -0.3 is 9.64 Å². The van der Waals surface area contributed by atoms with Crippen molar-refractivity contribution in [3.05, 3.63) is 58.9 Å². The topological polar surface area (TPSA) is 49.3 Å². The lowest BCUT2D eigenvalue weighted by molar-refractivity contribution is 0.194. The molecule has 30 heavy (non-hydrogen) atoms. The van der Waals surface area contributed by atoms with Gasteiger partial charge in [-0.2, -0.15) is 4.98 Å². The molecular formula is C23H29N5OS. The molecule has 6 nitrogen and oxygen atoms in total. The minimum Gasteiger partial charge on any atom is -0.492 e. The van der Waals surface area contributed by atoms with Crippen molar-refractivity contribution in [2.75, 3.05) is 37.7 Å². The van der Waals surface area contributed by atoms with E-state index < -0.39 is 0 Å². The molecule has 0 atom stereocenters. The summed E-state index contributed by atoms with van der Waals surface area (Å²) in [6.45, 7) is 9.41. The molecule has 7 heteroatoms. The van der Waals surface area contributed by atoms with E-state index in [0.717, 1.165) is 56.4 Å². The molecule has 0 spiro atoms. The van der Waals surface area contributed by atoms with Crippen molar-refractivity contribution in [2.24, 2.45) is 0 Å². The SMILES string of the molecule is CCOc1ccccc1N1CCN(Cn2[nH]c(-c3ccc(CC)cc3)nc2=S)CC1. The Bertz CT molecular complexity index is 1020. The van der Waals surface area contributed by atoms with E-state index in [0.29, 0.717) is 11.4 Å². The third-order valence-corrected chi connectivity index (χ3v) is 5.85. The number of nitrogens with zero attached hydrogens (tertiary/aromatic N) is 4. The molecule has 0 bridgehead atoms. The minimum absolute atomic E-state index is 0.591. The van der Waals surface area contributed by atoms with Gasteiger partial charge in [0.05, 0.1) is 19.0 Å². The number of aryl methyl sites for hydroxylation is 1. The Morgan fingerprint density at radius 1 is 1.00 bits per heavy atom. The summed E-state index contributed by atoms with van der Waals surface area (Å²) >= 11 is 5.50. The number of aromatic amines is 1. The third kappa shape index (κ3) is 4.57. The molecule has 2 aromatic carbocycles. The number of hydrogen-bond donors (Lipinski definition) is 1. The summed E-state index contributed by atoms with van der Waals surface area (Å²) in [5.41, 5.74) is 3.56. The first-order chi connectivity index (χ1) is 14.7. The number of hydrogen-bond acceptors (Lipinski definition) is 5. The van der Waals surface area contributed by atoms with Crippen molar-refractivity contribution in [1.82, 2.24) is 19.7 Å². The van der Waals surface area contributed by atoms with Crippen LogP contribution in [0.15, 0.2) is 48.5 Å². The molecule has 0 radical (unpaired) electrons. The molecule has 1 aliphatic rings. The molecule has 1 N–H and O–H groups in total. The Morgan fingerprint density at radius 3 is 2.43 bits per heavy atom. The van der Waals surface area contributed by atoms with E-state index in [4.69, 9.17) is 17.0 Å². The van der Waals surface area contributed by atoms with Crippen molar-refractivity contribution < 1.29 is 4.74 Å². The van der Waals surface area contributed by atoms with Gasteiger partial charge in [-0.15, -0.1) is 0 Å². The van der Waals surface area contributed by atoms with Crippen LogP contribution in [-0.4, -0.2) is 52.5 Å². The second-order valence-electron chi connectivity index (χ2n) is 7.48. The number of anilines is 1. The first-order valence-corrected chi connectivity index (χ1v) is 11.0. The molecule has 2 heterocycles. The van der Waals surface area contributed by atoms with E-state index in [1.54, 1.807) is 0 Å². The number of benzene rings is 2. The normalized spacial score (nSPS) is 14.8. The second-order valence-corrected chi connectivity index (χ2v) is 7.85. The van der Waals surface area contributed by atoms with E-state index in [2.05, 4.69) is 63.2 Å². The van der Waals surface area contributed by atoms with Gasteiger partial charge in [0.2, 0.25) is 4.77 Å². The Hall–Kier alpha value is -2.64. The zero-order valence-electron chi connectivity index (χ0n) is 17.7. The van der Waals surface area contributed by atoms with Crippen molar-refractivity contribution in [1.29, 1.82) is 0 Å². The van der Waals surface area contributed by atoms with Gasteiger partial charge in [0.25, 0.3) is 0 Å². The van der Waals surface area contributed by atoms with Gasteiger partial charge in [-0.05, 0) is 43.3 Å². The maximum absolute atomic E-state index is 5.80. The smallest absolute Gasteiger partial charge is 0.217 e. The number of para-hydroxylation sites is 2. The van der Waals surface area contributed by atoms with E-state index in [1.807, 2.05) is 23.7 Å². The number of aromatic nitrogens is 3. The lowest BCUT2D eigenvalue weighted by Crippen LogP contribution is -2.47. The molecule has 1 aromatic heterocycles. The summed E-state index contributed by atoms with van der Waals surface area (Å²) in [7, 11) is 0. The quantitative estimate of drug-likeness (QED) is 0.573. The number of piperazine rings is 1. The van der Waals surface area contributed by atoms with Crippen LogP contribution in [0.25, 0.3) is 11.4 Å². The Labute approximate surface area is 183 Å². The summed E-state index contributed by atoms with van der Waals surface area (Å²) in [4.78, 5) is 9.36. The first-order valence-electron chi connectivity index (χ1n) is 10.6. The molecular weight excluding hydrogens is 394 g/mol. The van der Waals surface area contributed by atoms with Gasteiger partial charge in [-0.1, -0.05) is 43.3 Å². The fraction of sp³-hybridized carbons (Fsp3) is 0.391. The zero-order valence-corrected chi connectivity index (χ0v) is 18.5. The average Bonchev–Trinajstić information content (AvgIpc) is 3.15. The predicted octanol–water partition coefficient (Wildman–Crippen LogP) is 4.35. The van der Waals surface area contributed by atoms with Gasteiger partial charge in [-0.3, -0.25) is 10.00 Å². The standard InChI is InChI=1S/C23H29N5OS/c1-3-18-9-11-19(12-10-18)22-24-23(30)28(25-22)17-26-13-15-27(16-14-26)20-7-5-6-8-21(20)29-4-2/h5-12H,3-4,13-17H2,1-2H3,(H,24,25,30). The van der Waals surface area contributed by atoms with Crippen LogP contribution in [0.4, 0.5) is 5.69 Å². The lowest BCUT2D eigenvalue weighted by Gasteiger charge is -2.36. The Kier molecular flexibility index (Phi) is 6.50. The molecule has 0 aliphatic carbocycles. The highest BCUT2D eigenvalue weighted by atomic mass is 32.1. The van der Waals surface area contributed by atoms with Gasteiger partial charge in [0.1, 0.15) is 5.75 Å². The monoisotopic (exact) mass is 423 g/mol. The zero-order chi connectivity index (χ0) is 20.9. The maximum atomic E-state index is 5.80. The highest BCUT2D eigenvalue weighted by molar-refractivity contribution is 7.71. The summed E-state index contributed by atoms with van der Waals surface area (Å²) in [6, 6.07) is 16.8. The number of H-pyrrole nitrogens is 1. The van der Waals surface area contributed by atoms with Crippen molar-refractivity contribution in [3.8, 4) is 17.1 Å². The molecule has 1 fully saturated rings. The molecule has 0 unspecified atom stereocenters. The van der Waals surface area contributed by atoms with Gasteiger partial charge in [0, 0.05) is 31.7 Å². The van der Waals surface area contributed by atoms with Crippen molar-refractivity contribution in [3.63, 3.8) is 0 Å². The fourth-order valence-electron chi connectivity index (χ4n) is 3.81. The maximum Gasteiger partial charge on any atom is 0.217 e. The molecule has 0 amide bonds. The summed E-state index contributed by atoms with van der Waals surface area (Å²) in [5.74, 6) is 1.79.